The highest BCUT2D eigenvalue weighted by Gasteiger charge is 2.51. The Morgan fingerprint density at radius 1 is 1.15 bits per heavy atom. The van der Waals surface area contributed by atoms with E-state index < -0.39 is 0 Å². The van der Waals surface area contributed by atoms with Gasteiger partial charge in [0, 0.05) is 0 Å². The maximum Gasteiger partial charge on any atom is 0.0698 e. The molecule has 0 aromatic rings. The van der Waals surface area contributed by atoms with Gasteiger partial charge in [-0.2, -0.15) is 0 Å². The van der Waals surface area contributed by atoms with Crippen molar-refractivity contribution in [2.45, 2.75) is 65.9 Å². The molecule has 0 saturated heterocycles. The highest BCUT2D eigenvalue weighted by Crippen LogP contribution is 2.52. The third kappa shape index (κ3) is 2.25. The number of hydrogen-bond donors (Lipinski definition) is 1. The Balaban J connectivity index is 2.46. The van der Waals surface area contributed by atoms with Gasteiger partial charge in [-0.3, -0.25) is 0 Å². The molecule has 0 aromatic carbocycles. The van der Waals surface area contributed by atoms with Crippen molar-refractivity contribution >= 4 is 0 Å². The largest absolute Gasteiger partial charge is 0.389 e. The second-order valence-electron chi connectivity index (χ2n) is 6.48. The first-order valence-electron chi connectivity index (χ1n) is 5.39. The van der Waals surface area contributed by atoms with Crippen LogP contribution in [0.5, 0.6) is 0 Å². The van der Waals surface area contributed by atoms with Crippen LogP contribution in [0.3, 0.4) is 0 Å². The molecule has 1 rings (SSSR count). The van der Waals surface area contributed by atoms with Gasteiger partial charge in [0.25, 0.3) is 0 Å². The quantitative estimate of drug-likeness (QED) is 0.697. The highest BCUT2D eigenvalue weighted by molar-refractivity contribution is 5.02. The summed E-state index contributed by atoms with van der Waals surface area (Å²) < 4.78 is 0. The molecule has 1 atom stereocenters. The first-order chi connectivity index (χ1) is 5.66. The van der Waals surface area contributed by atoms with Gasteiger partial charge in [0.2, 0.25) is 0 Å². The minimum Gasteiger partial charge on any atom is -0.389 e. The maximum absolute atomic E-state index is 10.3. The summed E-state index contributed by atoms with van der Waals surface area (Å²) in [6.45, 7) is 11.1. The third-order valence-corrected chi connectivity index (χ3v) is 3.71. The van der Waals surface area contributed by atoms with E-state index in [4.69, 9.17) is 0 Å². The van der Waals surface area contributed by atoms with Crippen LogP contribution in [0.2, 0.25) is 0 Å². The molecule has 0 aromatic heterocycles. The minimum atomic E-state index is -0.375. The predicted molar refractivity (Wildman–Crippen MR) is 56.7 cm³/mol. The van der Waals surface area contributed by atoms with Gasteiger partial charge in [-0.25, -0.2) is 0 Å². The van der Waals surface area contributed by atoms with Gasteiger partial charge in [-0.05, 0) is 36.5 Å². The summed E-state index contributed by atoms with van der Waals surface area (Å²) in [4.78, 5) is 0. The molecule has 1 aliphatic carbocycles. The average Bonchev–Trinajstić information content (AvgIpc) is 1.97. The normalized spacial score (nSPS) is 32.8. The van der Waals surface area contributed by atoms with Gasteiger partial charge in [-0.15, -0.1) is 0 Å². The van der Waals surface area contributed by atoms with Crippen LogP contribution in [0.15, 0.2) is 0 Å². The average molecular weight is 184 g/mol. The van der Waals surface area contributed by atoms with Gasteiger partial charge in [0.15, 0.2) is 0 Å². The maximum atomic E-state index is 10.3. The number of aliphatic hydroxyl groups is 1. The molecular weight excluding hydrogens is 160 g/mol. The lowest BCUT2D eigenvalue weighted by molar-refractivity contribution is -0.156. The molecule has 13 heavy (non-hydrogen) atoms. The second kappa shape index (κ2) is 2.98. The molecule has 0 bridgehead atoms. The fourth-order valence-corrected chi connectivity index (χ4v) is 1.96. The minimum absolute atomic E-state index is 0.151. The zero-order chi connectivity index (χ0) is 10.3. The Morgan fingerprint density at radius 2 is 1.69 bits per heavy atom. The lowest BCUT2D eigenvalue weighted by Gasteiger charge is -2.53. The van der Waals surface area contributed by atoms with E-state index in [0.29, 0.717) is 5.41 Å². The highest BCUT2D eigenvalue weighted by atomic mass is 16.3. The van der Waals surface area contributed by atoms with E-state index in [1.807, 2.05) is 0 Å². The van der Waals surface area contributed by atoms with Crippen LogP contribution in [0.25, 0.3) is 0 Å². The molecule has 1 nitrogen and oxygen atoms in total. The zero-order valence-corrected chi connectivity index (χ0v) is 9.78. The number of rotatable bonds is 2. The Morgan fingerprint density at radius 3 is 1.92 bits per heavy atom. The lowest BCUT2D eigenvalue weighted by atomic mass is 9.56. The molecule has 1 N–H and O–H groups in total. The van der Waals surface area contributed by atoms with Crippen molar-refractivity contribution in [3.8, 4) is 0 Å². The van der Waals surface area contributed by atoms with Crippen molar-refractivity contribution in [3.05, 3.63) is 0 Å². The zero-order valence-electron chi connectivity index (χ0n) is 9.78. The predicted octanol–water partition coefficient (Wildman–Crippen LogP) is 3.36. The molecule has 1 fully saturated rings. The Kier molecular flexibility index (Phi) is 2.53. The monoisotopic (exact) mass is 184 g/mol. The van der Waals surface area contributed by atoms with E-state index in [1.54, 1.807) is 0 Å². The van der Waals surface area contributed by atoms with Crippen molar-refractivity contribution in [3.63, 3.8) is 0 Å². The Labute approximate surface area is 82.5 Å². The van der Waals surface area contributed by atoms with Crippen molar-refractivity contribution in [2.75, 3.05) is 0 Å². The summed E-state index contributed by atoms with van der Waals surface area (Å²) in [6, 6.07) is 0. The van der Waals surface area contributed by atoms with Crippen LogP contribution in [-0.4, -0.2) is 10.7 Å². The van der Waals surface area contributed by atoms with E-state index in [9.17, 15) is 5.11 Å². The van der Waals surface area contributed by atoms with E-state index in [0.717, 1.165) is 19.3 Å². The van der Waals surface area contributed by atoms with Crippen molar-refractivity contribution in [2.24, 2.45) is 10.8 Å². The van der Waals surface area contributed by atoms with Crippen LogP contribution >= 0.6 is 0 Å². The molecule has 0 radical (unpaired) electrons. The summed E-state index contributed by atoms with van der Waals surface area (Å²) in [5, 5.41) is 10.3. The smallest absolute Gasteiger partial charge is 0.0698 e. The third-order valence-electron chi connectivity index (χ3n) is 3.71. The van der Waals surface area contributed by atoms with E-state index in [-0.39, 0.29) is 11.0 Å². The molecule has 1 heteroatoms. The fourth-order valence-electron chi connectivity index (χ4n) is 1.96. The van der Waals surface area contributed by atoms with Gasteiger partial charge in [0.05, 0.1) is 5.60 Å². The lowest BCUT2D eigenvalue weighted by Crippen LogP contribution is -2.54. The molecule has 0 spiro atoms. The summed E-state index contributed by atoms with van der Waals surface area (Å²) in [7, 11) is 0. The molecule has 0 heterocycles. The topological polar surface area (TPSA) is 20.2 Å². The molecule has 78 valence electrons. The second-order valence-corrected chi connectivity index (χ2v) is 6.48. The summed E-state index contributed by atoms with van der Waals surface area (Å²) in [6.07, 6.45) is 4.25. The standard InChI is InChI=1S/C12H24O/c1-10(2,3)6-8-12(13)9-7-11(12,4)5/h13H,6-9H2,1-5H3. The van der Waals surface area contributed by atoms with Crippen LogP contribution in [0.4, 0.5) is 0 Å². The van der Waals surface area contributed by atoms with Gasteiger partial charge < -0.3 is 5.11 Å². The molecular formula is C12H24O. The van der Waals surface area contributed by atoms with E-state index >= 15 is 0 Å². The van der Waals surface area contributed by atoms with E-state index in [1.165, 1.54) is 6.42 Å². The van der Waals surface area contributed by atoms with Gasteiger partial charge in [0.1, 0.15) is 0 Å². The van der Waals surface area contributed by atoms with Crippen LogP contribution in [-0.2, 0) is 0 Å². The van der Waals surface area contributed by atoms with Crippen molar-refractivity contribution < 1.29 is 5.11 Å². The first kappa shape index (κ1) is 11.0. The summed E-state index contributed by atoms with van der Waals surface area (Å²) in [5.41, 5.74) is 0.125. The van der Waals surface area contributed by atoms with Crippen LogP contribution in [0, 0.1) is 10.8 Å². The summed E-state index contributed by atoms with van der Waals surface area (Å²) in [5.74, 6) is 0. The molecule has 0 aliphatic heterocycles. The van der Waals surface area contributed by atoms with Gasteiger partial charge in [-0.1, -0.05) is 34.6 Å². The molecule has 1 aliphatic rings. The molecule has 1 unspecified atom stereocenters. The van der Waals surface area contributed by atoms with Crippen LogP contribution < -0.4 is 0 Å². The Hall–Kier alpha value is -0.0400. The first-order valence-corrected chi connectivity index (χ1v) is 5.39. The van der Waals surface area contributed by atoms with Crippen molar-refractivity contribution in [1.82, 2.24) is 0 Å². The Bertz CT molecular complexity index is 188. The molecule has 1 saturated carbocycles. The summed E-state index contributed by atoms with van der Waals surface area (Å²) >= 11 is 0. The molecule has 0 amide bonds. The van der Waals surface area contributed by atoms with Crippen molar-refractivity contribution in [1.29, 1.82) is 0 Å². The van der Waals surface area contributed by atoms with Crippen LogP contribution in [0.1, 0.15) is 60.3 Å². The van der Waals surface area contributed by atoms with Gasteiger partial charge >= 0.3 is 0 Å². The fraction of sp³-hybridized carbons (Fsp3) is 1.00. The SMILES string of the molecule is CC(C)(C)CCC1(O)CCC1(C)C. The van der Waals surface area contributed by atoms with E-state index in [2.05, 4.69) is 34.6 Å². The number of hydrogen-bond acceptors (Lipinski definition) is 1.